The second-order valence-corrected chi connectivity index (χ2v) is 5.99. The second-order valence-electron chi connectivity index (χ2n) is 5.26. The van der Waals surface area contributed by atoms with Gasteiger partial charge in [0.15, 0.2) is 0 Å². The topological polar surface area (TPSA) is 53.9 Å². The van der Waals surface area contributed by atoms with E-state index in [1.165, 1.54) is 31.0 Å². The van der Waals surface area contributed by atoms with E-state index in [9.17, 15) is 0 Å². The second kappa shape index (κ2) is 4.63. The minimum Gasteiger partial charge on any atom is -0.358 e. The number of aromatic nitrogens is 3. The summed E-state index contributed by atoms with van der Waals surface area (Å²) in [6.07, 6.45) is 1.29. The van der Waals surface area contributed by atoms with Crippen LogP contribution in [0.1, 0.15) is 20.3 Å². The lowest BCUT2D eigenvalue weighted by molar-refractivity contribution is 0.230. The first kappa shape index (κ1) is 11.7. The molecule has 90 valence electrons. The fourth-order valence-electron chi connectivity index (χ4n) is 2.22. The highest BCUT2D eigenvalue weighted by Gasteiger charge is 2.33. The highest BCUT2D eigenvalue weighted by atomic mass is 32.1. The lowest BCUT2D eigenvalue weighted by atomic mass is 9.78. The molecule has 1 aliphatic heterocycles. The first-order chi connectivity index (χ1) is 7.58. The van der Waals surface area contributed by atoms with Crippen LogP contribution in [-0.4, -0.2) is 46.4 Å². The number of rotatable bonds is 4. The Bertz CT molecular complexity index is 324. The monoisotopic (exact) mass is 241 g/mol. The summed E-state index contributed by atoms with van der Waals surface area (Å²) in [5, 5.41) is 11.6. The van der Waals surface area contributed by atoms with Crippen molar-refractivity contribution in [2.45, 2.75) is 20.3 Å². The van der Waals surface area contributed by atoms with Crippen LogP contribution < -0.4 is 5.32 Å². The van der Waals surface area contributed by atoms with Crippen molar-refractivity contribution in [2.24, 2.45) is 11.3 Å². The van der Waals surface area contributed by atoms with Crippen LogP contribution >= 0.6 is 11.5 Å². The van der Waals surface area contributed by atoms with Crippen LogP contribution in [-0.2, 0) is 0 Å². The number of likely N-dealkylation sites (tertiary alicyclic amines) is 1. The zero-order valence-electron chi connectivity index (χ0n) is 10.1. The van der Waals surface area contributed by atoms with Gasteiger partial charge in [0.2, 0.25) is 5.13 Å². The van der Waals surface area contributed by atoms with Crippen LogP contribution in [0, 0.1) is 11.3 Å². The summed E-state index contributed by atoms with van der Waals surface area (Å²) in [7, 11) is 2.19. The van der Waals surface area contributed by atoms with Crippen molar-refractivity contribution in [3.8, 4) is 0 Å². The molecule has 0 saturated carbocycles. The SMILES string of the molecule is CN1CCC(C(C)(C)CNc2nnns2)C1. The molecule has 1 N–H and O–H groups in total. The van der Waals surface area contributed by atoms with Crippen LogP contribution in [0.15, 0.2) is 0 Å². The summed E-state index contributed by atoms with van der Waals surface area (Å²) in [5.74, 6) is 0.755. The third kappa shape index (κ3) is 2.68. The lowest BCUT2D eigenvalue weighted by Gasteiger charge is -2.31. The van der Waals surface area contributed by atoms with Gasteiger partial charge in [-0.1, -0.05) is 23.4 Å². The molecule has 1 aliphatic rings. The summed E-state index contributed by atoms with van der Waals surface area (Å²) >= 11 is 1.31. The molecule has 0 aromatic carbocycles. The Labute approximate surface area is 100 Å². The predicted molar refractivity (Wildman–Crippen MR) is 65.6 cm³/mol. The molecule has 6 heteroatoms. The Morgan fingerprint density at radius 3 is 2.94 bits per heavy atom. The van der Waals surface area contributed by atoms with E-state index in [0.717, 1.165) is 17.6 Å². The molecule has 2 heterocycles. The van der Waals surface area contributed by atoms with Gasteiger partial charge >= 0.3 is 0 Å². The van der Waals surface area contributed by atoms with Gasteiger partial charge in [-0.05, 0) is 36.6 Å². The molecule has 0 bridgehead atoms. The first-order valence-corrected chi connectivity index (χ1v) is 6.43. The van der Waals surface area contributed by atoms with E-state index in [0.29, 0.717) is 0 Å². The minimum atomic E-state index is 0.288. The van der Waals surface area contributed by atoms with E-state index in [1.54, 1.807) is 0 Å². The van der Waals surface area contributed by atoms with Crippen molar-refractivity contribution in [2.75, 3.05) is 32.0 Å². The van der Waals surface area contributed by atoms with Crippen LogP contribution in [0.2, 0.25) is 0 Å². The first-order valence-electron chi connectivity index (χ1n) is 5.65. The van der Waals surface area contributed by atoms with Crippen LogP contribution in [0.3, 0.4) is 0 Å². The Hall–Kier alpha value is -0.750. The zero-order chi connectivity index (χ0) is 11.6. The number of hydrogen-bond donors (Lipinski definition) is 1. The molecule has 1 saturated heterocycles. The largest absolute Gasteiger partial charge is 0.358 e. The van der Waals surface area contributed by atoms with Gasteiger partial charge in [-0.3, -0.25) is 0 Å². The Morgan fingerprint density at radius 2 is 2.38 bits per heavy atom. The third-order valence-corrected chi connectivity index (χ3v) is 4.04. The van der Waals surface area contributed by atoms with Gasteiger partial charge < -0.3 is 10.2 Å². The Morgan fingerprint density at radius 1 is 1.56 bits per heavy atom. The van der Waals surface area contributed by atoms with Crippen LogP contribution in [0.25, 0.3) is 0 Å². The van der Waals surface area contributed by atoms with Gasteiger partial charge in [0.25, 0.3) is 0 Å². The molecule has 2 rings (SSSR count). The predicted octanol–water partition coefficient (Wildman–Crippen LogP) is 1.32. The van der Waals surface area contributed by atoms with Crippen molar-refractivity contribution in [3.05, 3.63) is 0 Å². The van der Waals surface area contributed by atoms with E-state index >= 15 is 0 Å². The summed E-state index contributed by atoms with van der Waals surface area (Å²) in [6.45, 7) is 7.98. The van der Waals surface area contributed by atoms with Crippen LogP contribution in [0.5, 0.6) is 0 Å². The van der Waals surface area contributed by atoms with E-state index in [4.69, 9.17) is 0 Å². The molecule has 0 aliphatic carbocycles. The van der Waals surface area contributed by atoms with Crippen molar-refractivity contribution in [1.29, 1.82) is 0 Å². The molecule has 0 spiro atoms. The van der Waals surface area contributed by atoms with Crippen molar-refractivity contribution < 1.29 is 0 Å². The van der Waals surface area contributed by atoms with E-state index in [2.05, 4.69) is 45.9 Å². The molecular weight excluding hydrogens is 222 g/mol. The summed E-state index contributed by atoms with van der Waals surface area (Å²) in [5.41, 5.74) is 0.288. The summed E-state index contributed by atoms with van der Waals surface area (Å²) in [4.78, 5) is 2.40. The van der Waals surface area contributed by atoms with E-state index in [-0.39, 0.29) is 5.41 Å². The smallest absolute Gasteiger partial charge is 0.225 e. The molecule has 1 aromatic rings. The molecule has 1 fully saturated rings. The maximum atomic E-state index is 3.90. The van der Waals surface area contributed by atoms with Gasteiger partial charge in [-0.15, -0.1) is 0 Å². The number of nitrogens with one attached hydrogen (secondary N) is 1. The quantitative estimate of drug-likeness (QED) is 0.861. The molecular formula is C10H19N5S. The molecule has 0 amide bonds. The summed E-state index contributed by atoms with van der Waals surface area (Å²) < 4.78 is 3.74. The fourth-order valence-corrected chi connectivity index (χ4v) is 2.58. The van der Waals surface area contributed by atoms with Gasteiger partial charge in [-0.2, -0.15) is 0 Å². The van der Waals surface area contributed by atoms with Crippen molar-refractivity contribution in [1.82, 2.24) is 19.7 Å². The third-order valence-electron chi connectivity index (χ3n) is 3.49. The Balaban J connectivity index is 1.87. The van der Waals surface area contributed by atoms with E-state index in [1.807, 2.05) is 0 Å². The van der Waals surface area contributed by atoms with Crippen molar-refractivity contribution in [3.63, 3.8) is 0 Å². The summed E-state index contributed by atoms with van der Waals surface area (Å²) in [6, 6.07) is 0. The molecule has 5 nitrogen and oxygen atoms in total. The van der Waals surface area contributed by atoms with E-state index < -0.39 is 0 Å². The maximum Gasteiger partial charge on any atom is 0.225 e. The zero-order valence-corrected chi connectivity index (χ0v) is 10.9. The number of anilines is 1. The van der Waals surface area contributed by atoms with Crippen LogP contribution in [0.4, 0.5) is 5.13 Å². The lowest BCUT2D eigenvalue weighted by Crippen LogP contribution is -2.33. The fraction of sp³-hybridized carbons (Fsp3) is 0.900. The van der Waals surface area contributed by atoms with Gasteiger partial charge in [0, 0.05) is 24.6 Å². The highest BCUT2D eigenvalue weighted by molar-refractivity contribution is 7.09. The van der Waals surface area contributed by atoms with Gasteiger partial charge in [0.05, 0.1) is 0 Å². The average Bonchev–Trinajstić information content (AvgIpc) is 2.85. The molecule has 1 atom stereocenters. The molecule has 0 radical (unpaired) electrons. The average molecular weight is 241 g/mol. The standard InChI is InChI=1S/C10H19N5S/c1-10(2,8-4-5-15(3)6-8)7-11-9-12-13-14-16-9/h8H,4-7H2,1-3H3,(H,11,12,14). The van der Waals surface area contributed by atoms with Gasteiger partial charge in [-0.25, -0.2) is 0 Å². The molecule has 1 aromatic heterocycles. The maximum absolute atomic E-state index is 3.90. The Kier molecular flexibility index (Phi) is 3.39. The minimum absolute atomic E-state index is 0.288. The van der Waals surface area contributed by atoms with Gasteiger partial charge in [0.1, 0.15) is 0 Å². The highest BCUT2D eigenvalue weighted by Crippen LogP contribution is 2.33. The number of nitrogens with zero attached hydrogens (tertiary/aromatic N) is 4. The van der Waals surface area contributed by atoms with Crippen molar-refractivity contribution >= 4 is 16.7 Å². The normalized spacial score (nSPS) is 22.6. The number of hydrogen-bond acceptors (Lipinski definition) is 6. The molecule has 1 unspecified atom stereocenters. The molecule has 16 heavy (non-hydrogen) atoms.